The van der Waals surface area contributed by atoms with E-state index in [1.54, 1.807) is 0 Å². The highest BCUT2D eigenvalue weighted by Crippen LogP contribution is 2.32. The first-order valence-corrected chi connectivity index (χ1v) is 7.36. The van der Waals surface area contributed by atoms with Crippen LogP contribution >= 0.6 is 0 Å². The third-order valence-electron chi connectivity index (χ3n) is 4.35. The highest BCUT2D eigenvalue weighted by Gasteiger charge is 2.29. The molecule has 0 saturated heterocycles. The molecule has 2 aromatic carbocycles. The molecule has 1 heterocycles. The maximum atomic E-state index is 13.0. The molecule has 3 nitrogen and oxygen atoms in total. The number of nitrogens with zero attached hydrogens (tertiary/aromatic N) is 1. The lowest BCUT2D eigenvalue weighted by Crippen LogP contribution is -2.42. The van der Waals surface area contributed by atoms with Crippen molar-refractivity contribution in [3.63, 3.8) is 0 Å². The Kier molecular flexibility index (Phi) is 3.42. The Labute approximate surface area is 125 Å². The van der Waals surface area contributed by atoms with Gasteiger partial charge in [0.2, 0.25) is 0 Å². The van der Waals surface area contributed by atoms with Crippen LogP contribution in [0.2, 0.25) is 0 Å². The highest BCUT2D eigenvalue weighted by atomic mass is 16.2. The Hall–Kier alpha value is -2.29. The molecule has 0 bridgehead atoms. The SMILES string of the molecule is Cc1c(N)cccc1C(=O)N1c2ccccc2CCC1C. The van der Waals surface area contributed by atoms with E-state index in [1.165, 1.54) is 5.56 Å². The molecule has 1 amide bonds. The van der Waals surface area contributed by atoms with Gasteiger partial charge in [0.25, 0.3) is 5.91 Å². The first-order valence-electron chi connectivity index (χ1n) is 7.36. The van der Waals surface area contributed by atoms with Crippen molar-refractivity contribution in [1.82, 2.24) is 0 Å². The molecule has 1 unspecified atom stereocenters. The van der Waals surface area contributed by atoms with Gasteiger partial charge in [-0.3, -0.25) is 4.79 Å². The summed E-state index contributed by atoms with van der Waals surface area (Å²) in [6, 6.07) is 13.9. The predicted octanol–water partition coefficient (Wildman–Crippen LogP) is 3.56. The zero-order chi connectivity index (χ0) is 15.0. The molecule has 1 aliphatic heterocycles. The number of hydrogen-bond donors (Lipinski definition) is 1. The molecule has 0 aliphatic carbocycles. The molecule has 0 aromatic heterocycles. The van der Waals surface area contributed by atoms with Crippen molar-refractivity contribution < 1.29 is 4.79 Å². The molecule has 3 heteroatoms. The molecule has 0 saturated carbocycles. The summed E-state index contributed by atoms with van der Waals surface area (Å²) in [4.78, 5) is 14.9. The van der Waals surface area contributed by atoms with Gasteiger partial charge < -0.3 is 10.6 Å². The van der Waals surface area contributed by atoms with Crippen molar-refractivity contribution in [1.29, 1.82) is 0 Å². The van der Waals surface area contributed by atoms with Crippen LogP contribution in [0, 0.1) is 6.92 Å². The zero-order valence-corrected chi connectivity index (χ0v) is 12.5. The molecule has 2 N–H and O–H groups in total. The average Bonchev–Trinajstić information content (AvgIpc) is 2.49. The molecule has 108 valence electrons. The largest absolute Gasteiger partial charge is 0.398 e. The quantitative estimate of drug-likeness (QED) is 0.812. The number of hydrogen-bond acceptors (Lipinski definition) is 2. The molecule has 1 aliphatic rings. The highest BCUT2D eigenvalue weighted by molar-refractivity contribution is 6.08. The maximum absolute atomic E-state index is 13.0. The summed E-state index contributed by atoms with van der Waals surface area (Å²) in [5, 5.41) is 0. The van der Waals surface area contributed by atoms with E-state index in [0.29, 0.717) is 11.3 Å². The molecule has 3 rings (SSSR count). The lowest BCUT2D eigenvalue weighted by atomic mass is 9.95. The fraction of sp³-hybridized carbons (Fsp3) is 0.278. The molecule has 0 fully saturated rings. The summed E-state index contributed by atoms with van der Waals surface area (Å²) in [5.74, 6) is 0.0412. The van der Waals surface area contributed by atoms with E-state index in [0.717, 1.165) is 24.1 Å². The van der Waals surface area contributed by atoms with Gasteiger partial charge in [-0.2, -0.15) is 0 Å². The van der Waals surface area contributed by atoms with Crippen molar-refractivity contribution in [3.05, 3.63) is 59.2 Å². The third-order valence-corrected chi connectivity index (χ3v) is 4.35. The lowest BCUT2D eigenvalue weighted by molar-refractivity contribution is 0.0974. The van der Waals surface area contributed by atoms with Crippen LogP contribution in [0.1, 0.15) is 34.8 Å². The van der Waals surface area contributed by atoms with Gasteiger partial charge in [-0.15, -0.1) is 0 Å². The smallest absolute Gasteiger partial charge is 0.258 e. The summed E-state index contributed by atoms with van der Waals surface area (Å²) in [6.07, 6.45) is 2.02. The van der Waals surface area contributed by atoms with Gasteiger partial charge in [0.15, 0.2) is 0 Å². The summed E-state index contributed by atoms with van der Waals surface area (Å²) >= 11 is 0. The van der Waals surface area contributed by atoms with Gasteiger partial charge in [0, 0.05) is 23.0 Å². The predicted molar refractivity (Wildman–Crippen MR) is 86.6 cm³/mol. The summed E-state index contributed by atoms with van der Waals surface area (Å²) in [6.45, 7) is 4.01. The first-order chi connectivity index (χ1) is 10.1. The Morgan fingerprint density at radius 2 is 1.95 bits per heavy atom. The number of amides is 1. The Morgan fingerprint density at radius 1 is 1.19 bits per heavy atom. The normalized spacial score (nSPS) is 17.4. The van der Waals surface area contributed by atoms with Crippen molar-refractivity contribution in [2.75, 3.05) is 10.6 Å². The van der Waals surface area contributed by atoms with Gasteiger partial charge in [-0.1, -0.05) is 24.3 Å². The first kappa shape index (κ1) is 13.7. The van der Waals surface area contributed by atoms with Gasteiger partial charge in [-0.25, -0.2) is 0 Å². The van der Waals surface area contributed by atoms with Crippen LogP contribution in [0.5, 0.6) is 0 Å². The number of carbonyl (C=O) groups excluding carboxylic acids is 1. The Balaban J connectivity index is 2.07. The standard InChI is InChI=1S/C18H20N2O/c1-12-10-11-14-6-3-4-9-17(14)20(12)18(21)15-7-5-8-16(19)13(15)2/h3-9,12H,10-11,19H2,1-2H3. The number of aryl methyl sites for hydroxylation is 1. The summed E-state index contributed by atoms with van der Waals surface area (Å²) in [7, 11) is 0. The number of rotatable bonds is 1. The number of fused-ring (bicyclic) bond motifs is 1. The molecular weight excluding hydrogens is 260 g/mol. The molecular formula is C18H20N2O. The van der Waals surface area contributed by atoms with Crippen LogP contribution in [0.15, 0.2) is 42.5 Å². The Bertz CT molecular complexity index is 693. The van der Waals surface area contributed by atoms with Crippen LogP contribution in [-0.2, 0) is 6.42 Å². The molecule has 0 spiro atoms. The summed E-state index contributed by atoms with van der Waals surface area (Å²) < 4.78 is 0. The fourth-order valence-electron chi connectivity index (χ4n) is 3.01. The van der Waals surface area contributed by atoms with Crippen molar-refractivity contribution in [3.8, 4) is 0 Å². The van der Waals surface area contributed by atoms with E-state index in [1.807, 2.05) is 48.2 Å². The topological polar surface area (TPSA) is 46.3 Å². The second-order valence-electron chi connectivity index (χ2n) is 5.71. The van der Waals surface area contributed by atoms with E-state index in [-0.39, 0.29) is 11.9 Å². The minimum absolute atomic E-state index is 0.0412. The minimum atomic E-state index is 0.0412. The van der Waals surface area contributed by atoms with Gasteiger partial charge in [-0.05, 0) is 56.0 Å². The van der Waals surface area contributed by atoms with Crippen LogP contribution in [0.3, 0.4) is 0 Å². The lowest BCUT2D eigenvalue weighted by Gasteiger charge is -2.35. The molecule has 21 heavy (non-hydrogen) atoms. The number of carbonyl (C=O) groups is 1. The number of anilines is 2. The summed E-state index contributed by atoms with van der Waals surface area (Å²) in [5.41, 5.74) is 10.4. The fourth-order valence-corrected chi connectivity index (χ4v) is 3.01. The molecule has 1 atom stereocenters. The van der Waals surface area contributed by atoms with Gasteiger partial charge >= 0.3 is 0 Å². The third kappa shape index (κ3) is 2.29. The second kappa shape index (κ2) is 5.24. The van der Waals surface area contributed by atoms with E-state index >= 15 is 0 Å². The minimum Gasteiger partial charge on any atom is -0.398 e. The molecule has 2 aromatic rings. The van der Waals surface area contributed by atoms with E-state index < -0.39 is 0 Å². The Morgan fingerprint density at radius 3 is 2.76 bits per heavy atom. The number of benzene rings is 2. The number of nitrogen functional groups attached to an aromatic ring is 1. The van der Waals surface area contributed by atoms with Crippen LogP contribution in [0.25, 0.3) is 0 Å². The van der Waals surface area contributed by atoms with E-state index in [2.05, 4.69) is 13.0 Å². The average molecular weight is 280 g/mol. The van der Waals surface area contributed by atoms with Crippen molar-refractivity contribution in [2.24, 2.45) is 0 Å². The van der Waals surface area contributed by atoms with Crippen molar-refractivity contribution >= 4 is 17.3 Å². The monoisotopic (exact) mass is 280 g/mol. The van der Waals surface area contributed by atoms with Gasteiger partial charge in [0.05, 0.1) is 0 Å². The van der Waals surface area contributed by atoms with E-state index in [9.17, 15) is 4.79 Å². The molecule has 0 radical (unpaired) electrons. The van der Waals surface area contributed by atoms with Crippen LogP contribution < -0.4 is 10.6 Å². The zero-order valence-electron chi connectivity index (χ0n) is 12.5. The number of para-hydroxylation sites is 1. The van der Waals surface area contributed by atoms with Crippen LogP contribution in [-0.4, -0.2) is 11.9 Å². The van der Waals surface area contributed by atoms with E-state index in [4.69, 9.17) is 5.73 Å². The number of nitrogens with two attached hydrogens (primary N) is 1. The van der Waals surface area contributed by atoms with Crippen molar-refractivity contribution in [2.45, 2.75) is 32.7 Å². The van der Waals surface area contributed by atoms with Crippen LogP contribution in [0.4, 0.5) is 11.4 Å². The van der Waals surface area contributed by atoms with Gasteiger partial charge in [0.1, 0.15) is 0 Å². The second-order valence-corrected chi connectivity index (χ2v) is 5.71. The maximum Gasteiger partial charge on any atom is 0.258 e.